The van der Waals surface area contributed by atoms with Crippen LogP contribution >= 0.6 is 11.6 Å². The minimum absolute atomic E-state index is 0.192. The van der Waals surface area contributed by atoms with Crippen molar-refractivity contribution in [1.29, 1.82) is 0 Å². The Labute approximate surface area is 119 Å². The molecule has 1 atom stereocenters. The van der Waals surface area contributed by atoms with Crippen LogP contribution in [0.5, 0.6) is 0 Å². The summed E-state index contributed by atoms with van der Waals surface area (Å²) in [4.78, 5) is 0.192. The van der Waals surface area contributed by atoms with Gasteiger partial charge in [-0.2, -0.15) is 0 Å². The molecule has 1 unspecified atom stereocenters. The van der Waals surface area contributed by atoms with E-state index in [9.17, 15) is 8.42 Å². The first-order valence-corrected chi connectivity index (χ1v) is 8.28. The Bertz CT molecular complexity index is 556. The molecule has 1 aromatic carbocycles. The molecule has 0 bridgehead atoms. The molecule has 2 rings (SSSR count). The molecule has 1 fully saturated rings. The number of rotatable bonds is 6. The molecule has 1 aliphatic rings. The van der Waals surface area contributed by atoms with E-state index in [1.807, 2.05) is 0 Å². The molecular weight excluding hydrogens is 284 g/mol. The molecule has 0 saturated heterocycles. The quantitative estimate of drug-likeness (QED) is 0.845. The molecule has 19 heavy (non-hydrogen) atoms. The second-order valence-corrected chi connectivity index (χ2v) is 7.30. The van der Waals surface area contributed by atoms with Crippen molar-refractivity contribution in [2.75, 3.05) is 6.54 Å². The van der Waals surface area contributed by atoms with Gasteiger partial charge in [0, 0.05) is 18.1 Å². The summed E-state index contributed by atoms with van der Waals surface area (Å²) in [7, 11) is -3.48. The number of nitrogens with one attached hydrogen (secondary N) is 1. The maximum atomic E-state index is 12.1. The van der Waals surface area contributed by atoms with Crippen LogP contribution in [-0.2, 0) is 16.6 Å². The summed E-state index contributed by atoms with van der Waals surface area (Å²) in [6.07, 6.45) is 2.42. The summed E-state index contributed by atoms with van der Waals surface area (Å²) in [5, 5.41) is 0.389. The van der Waals surface area contributed by atoms with E-state index in [1.165, 1.54) is 25.0 Å². The number of halogens is 1. The predicted molar refractivity (Wildman–Crippen MR) is 76.4 cm³/mol. The second-order valence-electron chi connectivity index (χ2n) is 5.12. The molecule has 1 aromatic rings. The minimum Gasteiger partial charge on any atom is -0.326 e. The van der Waals surface area contributed by atoms with Crippen LogP contribution in [0, 0.1) is 11.8 Å². The number of nitrogens with two attached hydrogens (primary N) is 1. The molecule has 4 nitrogen and oxygen atoms in total. The monoisotopic (exact) mass is 302 g/mol. The van der Waals surface area contributed by atoms with Crippen molar-refractivity contribution < 1.29 is 8.42 Å². The van der Waals surface area contributed by atoms with Crippen molar-refractivity contribution >= 4 is 21.6 Å². The van der Waals surface area contributed by atoms with E-state index in [1.54, 1.807) is 6.07 Å². The largest absolute Gasteiger partial charge is 0.326 e. The van der Waals surface area contributed by atoms with Crippen LogP contribution < -0.4 is 10.5 Å². The van der Waals surface area contributed by atoms with Crippen LogP contribution in [0.4, 0.5) is 0 Å². The molecule has 0 spiro atoms. The first-order chi connectivity index (χ1) is 8.94. The van der Waals surface area contributed by atoms with Crippen molar-refractivity contribution in [1.82, 2.24) is 4.72 Å². The third kappa shape index (κ3) is 3.69. The Morgan fingerprint density at radius 1 is 1.47 bits per heavy atom. The molecule has 0 heterocycles. The average molecular weight is 303 g/mol. The SMILES string of the molecule is CC(CNS(=O)(=O)c1ccc(CN)c(Cl)c1)C1CC1. The average Bonchev–Trinajstić information content (AvgIpc) is 3.20. The zero-order valence-corrected chi connectivity index (χ0v) is 12.5. The standard InChI is InChI=1S/C13H19ClN2O2S/c1-9(10-2-3-10)8-16-19(17,18)12-5-4-11(7-15)13(14)6-12/h4-6,9-10,16H,2-3,7-8,15H2,1H3. The van der Waals surface area contributed by atoms with Gasteiger partial charge in [0.1, 0.15) is 0 Å². The third-order valence-corrected chi connectivity index (χ3v) is 5.35. The second kappa shape index (κ2) is 5.79. The number of hydrogen-bond acceptors (Lipinski definition) is 3. The molecule has 0 amide bonds. The minimum atomic E-state index is -3.48. The summed E-state index contributed by atoms with van der Waals surface area (Å²) in [6, 6.07) is 4.65. The van der Waals surface area contributed by atoms with Crippen molar-refractivity contribution in [3.8, 4) is 0 Å². The molecule has 0 radical (unpaired) electrons. The van der Waals surface area contributed by atoms with Gasteiger partial charge in [0.25, 0.3) is 0 Å². The van der Waals surface area contributed by atoms with E-state index in [2.05, 4.69) is 11.6 Å². The third-order valence-electron chi connectivity index (χ3n) is 3.58. The zero-order chi connectivity index (χ0) is 14.0. The highest BCUT2D eigenvalue weighted by Gasteiger charge is 2.28. The lowest BCUT2D eigenvalue weighted by molar-refractivity contribution is 0.492. The summed E-state index contributed by atoms with van der Waals surface area (Å²) in [6.45, 7) is 2.85. The van der Waals surface area contributed by atoms with Crippen LogP contribution in [0.1, 0.15) is 25.3 Å². The molecule has 106 valence electrons. The number of benzene rings is 1. The predicted octanol–water partition coefficient (Wildman–Crippen LogP) is 2.12. The fraction of sp³-hybridized carbons (Fsp3) is 0.538. The lowest BCUT2D eigenvalue weighted by atomic mass is 10.1. The molecule has 3 N–H and O–H groups in total. The molecule has 1 aliphatic carbocycles. The van der Waals surface area contributed by atoms with Gasteiger partial charge in [-0.05, 0) is 42.4 Å². The maximum absolute atomic E-state index is 12.1. The van der Waals surface area contributed by atoms with Crippen molar-refractivity contribution in [2.45, 2.75) is 31.2 Å². The number of hydrogen-bond donors (Lipinski definition) is 2. The van der Waals surface area contributed by atoms with Gasteiger partial charge in [0.05, 0.1) is 4.90 Å². The topological polar surface area (TPSA) is 72.2 Å². The van der Waals surface area contributed by atoms with Gasteiger partial charge in [-0.1, -0.05) is 24.6 Å². The van der Waals surface area contributed by atoms with Crippen molar-refractivity contribution in [2.24, 2.45) is 17.6 Å². The van der Waals surface area contributed by atoms with Gasteiger partial charge >= 0.3 is 0 Å². The number of sulfonamides is 1. The van der Waals surface area contributed by atoms with Crippen LogP contribution in [-0.4, -0.2) is 15.0 Å². The summed E-state index contributed by atoms with van der Waals surface area (Å²) >= 11 is 5.99. The molecule has 0 aliphatic heterocycles. The van der Waals surface area contributed by atoms with E-state index < -0.39 is 10.0 Å². The smallest absolute Gasteiger partial charge is 0.240 e. The van der Waals surface area contributed by atoms with Crippen LogP contribution in [0.2, 0.25) is 5.02 Å². The van der Waals surface area contributed by atoms with E-state index in [0.717, 1.165) is 5.56 Å². The molecule has 1 saturated carbocycles. The van der Waals surface area contributed by atoms with E-state index in [4.69, 9.17) is 17.3 Å². The highest BCUT2D eigenvalue weighted by Crippen LogP contribution is 2.36. The Morgan fingerprint density at radius 2 is 2.16 bits per heavy atom. The van der Waals surface area contributed by atoms with Gasteiger partial charge in [-0.25, -0.2) is 13.1 Å². The highest BCUT2D eigenvalue weighted by molar-refractivity contribution is 7.89. The Hall–Kier alpha value is -0.620. The summed E-state index contributed by atoms with van der Waals surface area (Å²) in [5.74, 6) is 1.06. The van der Waals surface area contributed by atoms with Crippen molar-refractivity contribution in [3.63, 3.8) is 0 Å². The fourth-order valence-electron chi connectivity index (χ4n) is 2.02. The van der Waals surface area contributed by atoms with Crippen LogP contribution in [0.3, 0.4) is 0 Å². The maximum Gasteiger partial charge on any atom is 0.240 e. The van der Waals surface area contributed by atoms with E-state index in [-0.39, 0.29) is 4.90 Å². The van der Waals surface area contributed by atoms with E-state index in [0.29, 0.717) is 29.9 Å². The fourth-order valence-corrected chi connectivity index (χ4v) is 3.51. The highest BCUT2D eigenvalue weighted by atomic mass is 35.5. The van der Waals surface area contributed by atoms with E-state index >= 15 is 0 Å². The first-order valence-electron chi connectivity index (χ1n) is 6.42. The van der Waals surface area contributed by atoms with Crippen molar-refractivity contribution in [3.05, 3.63) is 28.8 Å². The zero-order valence-electron chi connectivity index (χ0n) is 10.9. The molecule has 6 heteroatoms. The molecule has 0 aromatic heterocycles. The molecular formula is C13H19ClN2O2S. The first kappa shape index (κ1) is 14.8. The summed E-state index contributed by atoms with van der Waals surface area (Å²) < 4.78 is 26.9. The van der Waals surface area contributed by atoms with Gasteiger partial charge in [-0.15, -0.1) is 0 Å². The van der Waals surface area contributed by atoms with Gasteiger partial charge < -0.3 is 5.73 Å². The Balaban J connectivity index is 2.07. The summed E-state index contributed by atoms with van der Waals surface area (Å²) in [5.41, 5.74) is 6.24. The van der Waals surface area contributed by atoms with Crippen LogP contribution in [0.25, 0.3) is 0 Å². The van der Waals surface area contributed by atoms with Gasteiger partial charge in [-0.3, -0.25) is 0 Å². The normalized spacial score (nSPS) is 17.4. The Morgan fingerprint density at radius 3 is 2.68 bits per heavy atom. The van der Waals surface area contributed by atoms with Crippen LogP contribution in [0.15, 0.2) is 23.1 Å². The lowest BCUT2D eigenvalue weighted by Gasteiger charge is -2.12. The van der Waals surface area contributed by atoms with Gasteiger partial charge in [0.2, 0.25) is 10.0 Å². The Kier molecular flexibility index (Phi) is 4.50. The lowest BCUT2D eigenvalue weighted by Crippen LogP contribution is -2.29. The van der Waals surface area contributed by atoms with Gasteiger partial charge in [0.15, 0.2) is 0 Å².